The number of hydrogen-bond acceptors (Lipinski definition) is 4. The van der Waals surface area contributed by atoms with Gasteiger partial charge in [0, 0.05) is 30.1 Å². The lowest BCUT2D eigenvalue weighted by atomic mass is 10.1. The molecule has 6 nitrogen and oxygen atoms in total. The fourth-order valence-electron chi connectivity index (χ4n) is 3.12. The minimum absolute atomic E-state index is 0.148. The van der Waals surface area contributed by atoms with E-state index in [4.69, 9.17) is 32.7 Å². The predicted molar refractivity (Wildman–Crippen MR) is 111 cm³/mol. The number of fused-ring (bicyclic) bond motifs is 1. The van der Waals surface area contributed by atoms with Crippen LogP contribution in [0.15, 0.2) is 36.4 Å². The van der Waals surface area contributed by atoms with E-state index in [1.807, 2.05) is 18.2 Å². The van der Waals surface area contributed by atoms with Crippen LogP contribution in [0.3, 0.4) is 0 Å². The van der Waals surface area contributed by atoms with Gasteiger partial charge in [-0.25, -0.2) is 0 Å². The highest BCUT2D eigenvalue weighted by atomic mass is 35.5. The first kappa shape index (κ1) is 21.3. The van der Waals surface area contributed by atoms with Crippen LogP contribution in [0.4, 0.5) is 0 Å². The Bertz CT molecular complexity index is 920. The zero-order valence-electron chi connectivity index (χ0n) is 16.2. The molecule has 1 aliphatic rings. The third-order valence-corrected chi connectivity index (χ3v) is 5.42. The summed E-state index contributed by atoms with van der Waals surface area (Å²) in [5, 5.41) is 3.56. The van der Waals surface area contributed by atoms with E-state index in [1.54, 1.807) is 32.2 Å². The number of ether oxygens (including phenoxy) is 2. The lowest BCUT2D eigenvalue weighted by Gasteiger charge is -2.29. The second-order valence-corrected chi connectivity index (χ2v) is 7.58. The predicted octanol–water partition coefficient (Wildman–Crippen LogP) is 3.82. The van der Waals surface area contributed by atoms with Crippen LogP contribution in [0.1, 0.15) is 24.5 Å². The molecule has 0 saturated carbocycles. The fraction of sp³-hybridized carbons (Fsp3) is 0.333. The van der Waals surface area contributed by atoms with Gasteiger partial charge in [0.05, 0.1) is 0 Å². The lowest BCUT2D eigenvalue weighted by Crippen LogP contribution is -2.46. The maximum atomic E-state index is 13.0. The van der Waals surface area contributed by atoms with E-state index < -0.39 is 6.04 Å². The van der Waals surface area contributed by atoms with Crippen LogP contribution in [-0.2, 0) is 22.6 Å². The van der Waals surface area contributed by atoms with Gasteiger partial charge in [-0.15, -0.1) is 0 Å². The highest BCUT2D eigenvalue weighted by Gasteiger charge is 2.26. The standard InChI is InChI=1S/C21H22Cl2N2O4/c1-13(21(27)24-2)25(11-15-5-6-16(22)10-17(15)23)20(26)8-4-14-3-7-18-19(9-14)29-12-28-18/h3,5-7,9-10,13H,4,8,11-12H2,1-2H3,(H,24,27)/t13-/m0/s1. The molecule has 2 amide bonds. The van der Waals surface area contributed by atoms with E-state index in [0.29, 0.717) is 28.0 Å². The Morgan fingerprint density at radius 1 is 1.14 bits per heavy atom. The first-order chi connectivity index (χ1) is 13.9. The van der Waals surface area contributed by atoms with Crippen LogP contribution in [0.2, 0.25) is 10.0 Å². The van der Waals surface area contributed by atoms with Crippen molar-refractivity contribution in [2.75, 3.05) is 13.8 Å². The van der Waals surface area contributed by atoms with Crippen LogP contribution in [0, 0.1) is 0 Å². The van der Waals surface area contributed by atoms with Crippen molar-refractivity contribution in [3.8, 4) is 11.5 Å². The molecule has 0 saturated heterocycles. The largest absolute Gasteiger partial charge is 0.454 e. The quantitative estimate of drug-likeness (QED) is 0.716. The Morgan fingerprint density at radius 3 is 2.62 bits per heavy atom. The molecule has 1 heterocycles. The van der Waals surface area contributed by atoms with Crippen molar-refractivity contribution in [2.24, 2.45) is 0 Å². The number of carbonyl (C=O) groups is 2. The molecule has 0 aromatic heterocycles. The molecule has 2 aromatic rings. The number of carbonyl (C=O) groups excluding carboxylic acids is 2. The van der Waals surface area contributed by atoms with Crippen molar-refractivity contribution in [2.45, 2.75) is 32.4 Å². The molecular weight excluding hydrogens is 415 g/mol. The van der Waals surface area contributed by atoms with Gasteiger partial charge in [-0.05, 0) is 48.7 Å². The fourth-order valence-corrected chi connectivity index (χ4v) is 3.58. The van der Waals surface area contributed by atoms with Crippen LogP contribution >= 0.6 is 23.2 Å². The number of amides is 2. The number of rotatable bonds is 7. The number of halogens is 2. The first-order valence-electron chi connectivity index (χ1n) is 9.22. The summed E-state index contributed by atoms with van der Waals surface area (Å²) in [6.07, 6.45) is 0.757. The number of aryl methyl sites for hydroxylation is 1. The molecule has 1 atom stereocenters. The Morgan fingerprint density at radius 2 is 1.90 bits per heavy atom. The number of nitrogens with zero attached hydrogens (tertiary/aromatic N) is 1. The van der Waals surface area contributed by atoms with Crippen molar-refractivity contribution in [1.29, 1.82) is 0 Å². The average Bonchev–Trinajstić information content (AvgIpc) is 3.18. The maximum Gasteiger partial charge on any atom is 0.242 e. The number of likely N-dealkylation sites (N-methyl/N-ethyl adjacent to an activating group) is 1. The van der Waals surface area contributed by atoms with Crippen molar-refractivity contribution >= 4 is 35.0 Å². The number of nitrogens with one attached hydrogen (secondary N) is 1. The zero-order chi connectivity index (χ0) is 21.0. The van der Waals surface area contributed by atoms with E-state index in [2.05, 4.69) is 5.32 Å². The monoisotopic (exact) mass is 436 g/mol. The van der Waals surface area contributed by atoms with Crippen LogP contribution in [-0.4, -0.2) is 36.6 Å². The topological polar surface area (TPSA) is 67.9 Å². The summed E-state index contributed by atoms with van der Waals surface area (Å²) in [5.74, 6) is 0.988. The molecule has 8 heteroatoms. The Balaban J connectivity index is 1.73. The van der Waals surface area contributed by atoms with Gasteiger partial charge >= 0.3 is 0 Å². The summed E-state index contributed by atoms with van der Waals surface area (Å²) in [6.45, 7) is 2.11. The first-order valence-corrected chi connectivity index (χ1v) is 9.98. The van der Waals surface area contributed by atoms with E-state index >= 15 is 0 Å². The summed E-state index contributed by atoms with van der Waals surface area (Å²) in [5.41, 5.74) is 1.68. The molecule has 0 spiro atoms. The molecule has 1 N–H and O–H groups in total. The van der Waals surface area contributed by atoms with Gasteiger partial charge in [-0.3, -0.25) is 9.59 Å². The van der Waals surface area contributed by atoms with Gasteiger partial charge in [0.2, 0.25) is 18.6 Å². The Kier molecular flexibility index (Phi) is 6.87. The molecule has 1 aliphatic heterocycles. The molecule has 154 valence electrons. The third kappa shape index (κ3) is 5.14. The highest BCUT2D eigenvalue weighted by molar-refractivity contribution is 6.35. The molecule has 0 aliphatic carbocycles. The second kappa shape index (κ2) is 9.37. The van der Waals surface area contributed by atoms with E-state index in [1.165, 1.54) is 4.90 Å². The smallest absolute Gasteiger partial charge is 0.242 e. The summed E-state index contributed by atoms with van der Waals surface area (Å²) in [4.78, 5) is 26.7. The maximum absolute atomic E-state index is 13.0. The van der Waals surface area contributed by atoms with E-state index in [-0.39, 0.29) is 31.6 Å². The molecule has 3 rings (SSSR count). The Hall–Kier alpha value is -2.44. The molecule has 29 heavy (non-hydrogen) atoms. The van der Waals surface area contributed by atoms with Crippen LogP contribution < -0.4 is 14.8 Å². The number of hydrogen-bond donors (Lipinski definition) is 1. The van der Waals surface area contributed by atoms with E-state index in [9.17, 15) is 9.59 Å². The third-order valence-electron chi connectivity index (χ3n) is 4.83. The van der Waals surface area contributed by atoms with Gasteiger partial charge in [-0.2, -0.15) is 0 Å². The summed E-state index contributed by atoms with van der Waals surface area (Å²) in [7, 11) is 1.55. The minimum Gasteiger partial charge on any atom is -0.454 e. The van der Waals surface area contributed by atoms with Gasteiger partial charge < -0.3 is 19.7 Å². The SMILES string of the molecule is CNC(=O)[C@H](C)N(Cc1ccc(Cl)cc1Cl)C(=O)CCc1ccc2c(c1)OCO2. The normalized spacial score (nSPS) is 13.1. The van der Waals surface area contributed by atoms with Crippen LogP contribution in [0.25, 0.3) is 0 Å². The van der Waals surface area contributed by atoms with E-state index in [0.717, 1.165) is 11.1 Å². The zero-order valence-corrected chi connectivity index (χ0v) is 17.7. The van der Waals surface area contributed by atoms with Crippen LogP contribution in [0.5, 0.6) is 11.5 Å². The highest BCUT2D eigenvalue weighted by Crippen LogP contribution is 2.33. The average molecular weight is 437 g/mol. The summed E-state index contributed by atoms with van der Waals surface area (Å²) < 4.78 is 10.7. The molecule has 0 fully saturated rings. The molecule has 0 unspecified atom stereocenters. The van der Waals surface area contributed by atoms with Crippen molar-refractivity contribution in [3.05, 3.63) is 57.6 Å². The molecule has 0 bridgehead atoms. The minimum atomic E-state index is -0.643. The Labute approximate surface area is 179 Å². The molecule has 0 radical (unpaired) electrons. The van der Waals surface area contributed by atoms with Crippen molar-refractivity contribution < 1.29 is 19.1 Å². The van der Waals surface area contributed by atoms with Crippen molar-refractivity contribution in [3.63, 3.8) is 0 Å². The van der Waals surface area contributed by atoms with Gasteiger partial charge in [-0.1, -0.05) is 35.3 Å². The summed E-state index contributed by atoms with van der Waals surface area (Å²) >= 11 is 12.2. The number of benzene rings is 2. The molecule has 2 aromatic carbocycles. The van der Waals surface area contributed by atoms with Gasteiger partial charge in [0.1, 0.15) is 6.04 Å². The van der Waals surface area contributed by atoms with Crippen molar-refractivity contribution in [1.82, 2.24) is 10.2 Å². The van der Waals surface area contributed by atoms with Gasteiger partial charge in [0.25, 0.3) is 0 Å². The molecular formula is C21H22Cl2N2O4. The summed E-state index contributed by atoms with van der Waals surface area (Å²) in [6, 6.07) is 10.1. The van der Waals surface area contributed by atoms with Gasteiger partial charge in [0.15, 0.2) is 11.5 Å². The lowest BCUT2D eigenvalue weighted by molar-refractivity contribution is -0.140. The second-order valence-electron chi connectivity index (χ2n) is 6.74.